The first-order valence-corrected chi connectivity index (χ1v) is 10.9. The number of ether oxygens (including phenoxy) is 2. The van der Waals surface area contributed by atoms with Crippen molar-refractivity contribution in [2.45, 2.75) is 43.7 Å². The first-order chi connectivity index (χ1) is 13.3. The molecule has 162 valence electrons. The van der Waals surface area contributed by atoms with E-state index in [0.29, 0.717) is 6.04 Å². The fourth-order valence-electron chi connectivity index (χ4n) is 5.30. The van der Waals surface area contributed by atoms with Gasteiger partial charge in [0, 0.05) is 64.6 Å². The van der Waals surface area contributed by atoms with Crippen LogP contribution in [0.25, 0.3) is 0 Å². The van der Waals surface area contributed by atoms with Crippen LogP contribution in [-0.4, -0.2) is 112 Å². The summed E-state index contributed by atoms with van der Waals surface area (Å²) < 4.78 is 11.2. The minimum absolute atomic E-state index is 0. The minimum atomic E-state index is 0. The highest BCUT2D eigenvalue weighted by Gasteiger charge is 2.40. The molecule has 4 aliphatic rings. The van der Waals surface area contributed by atoms with E-state index in [4.69, 9.17) is 9.47 Å². The molecule has 0 radical (unpaired) electrons. The van der Waals surface area contributed by atoms with Gasteiger partial charge >= 0.3 is 0 Å². The van der Waals surface area contributed by atoms with Crippen LogP contribution in [0.15, 0.2) is 4.99 Å². The summed E-state index contributed by atoms with van der Waals surface area (Å²) in [6, 6.07) is 0.642. The zero-order chi connectivity index (χ0) is 18.5. The van der Waals surface area contributed by atoms with Gasteiger partial charge in [0.05, 0.1) is 13.2 Å². The maximum Gasteiger partial charge on any atom is 0.193 e. The summed E-state index contributed by atoms with van der Waals surface area (Å²) in [6.45, 7) is 11.3. The van der Waals surface area contributed by atoms with Crippen LogP contribution < -0.4 is 5.32 Å². The molecule has 4 saturated heterocycles. The summed E-state index contributed by atoms with van der Waals surface area (Å²) in [6.07, 6.45) is 6.17. The van der Waals surface area contributed by atoms with Gasteiger partial charge in [-0.05, 0) is 45.2 Å². The first kappa shape index (κ1) is 22.5. The molecule has 0 aliphatic carbocycles. The van der Waals surface area contributed by atoms with Crippen LogP contribution in [-0.2, 0) is 9.47 Å². The molecule has 0 spiro atoms. The predicted molar refractivity (Wildman–Crippen MR) is 123 cm³/mol. The number of rotatable bonds is 4. The van der Waals surface area contributed by atoms with E-state index in [0.717, 1.165) is 78.0 Å². The lowest BCUT2D eigenvalue weighted by Crippen LogP contribution is -2.59. The molecule has 4 rings (SSSR count). The fourth-order valence-corrected chi connectivity index (χ4v) is 5.30. The minimum Gasteiger partial charge on any atom is -0.381 e. The molecular formula is C20H38IN5O2. The number of halogens is 1. The number of hydrogen-bond acceptors (Lipinski definition) is 5. The highest BCUT2D eigenvalue weighted by atomic mass is 127. The van der Waals surface area contributed by atoms with Gasteiger partial charge in [0.2, 0.25) is 0 Å². The summed E-state index contributed by atoms with van der Waals surface area (Å²) in [5.74, 6) is 1.08. The Morgan fingerprint density at radius 1 is 1.00 bits per heavy atom. The quantitative estimate of drug-likeness (QED) is 0.351. The third-order valence-electron chi connectivity index (χ3n) is 7.01. The SMILES string of the molecule is CN=C(NCC1(N2CCCC2)CCOCC1)N1CCC(N2CCOCC2)C1.I. The van der Waals surface area contributed by atoms with Crippen LogP contribution in [0.4, 0.5) is 0 Å². The largest absolute Gasteiger partial charge is 0.381 e. The van der Waals surface area contributed by atoms with Crippen molar-refractivity contribution in [1.82, 2.24) is 20.0 Å². The lowest BCUT2D eigenvalue weighted by Gasteiger charge is -2.45. The number of nitrogens with one attached hydrogen (secondary N) is 1. The number of guanidine groups is 1. The number of hydrogen-bond donors (Lipinski definition) is 1. The molecule has 8 heteroatoms. The fraction of sp³-hybridized carbons (Fsp3) is 0.950. The Labute approximate surface area is 187 Å². The van der Waals surface area contributed by atoms with E-state index in [1.807, 2.05) is 7.05 Å². The molecule has 28 heavy (non-hydrogen) atoms. The van der Waals surface area contributed by atoms with Gasteiger partial charge in [-0.15, -0.1) is 24.0 Å². The summed E-state index contributed by atoms with van der Waals surface area (Å²) in [4.78, 5) is 12.4. The number of likely N-dealkylation sites (tertiary alicyclic amines) is 2. The summed E-state index contributed by atoms with van der Waals surface area (Å²) in [5, 5.41) is 3.76. The Kier molecular flexibility index (Phi) is 8.64. The van der Waals surface area contributed by atoms with Gasteiger partial charge in [-0.3, -0.25) is 14.8 Å². The van der Waals surface area contributed by atoms with E-state index in [1.165, 1.54) is 32.4 Å². The van der Waals surface area contributed by atoms with E-state index >= 15 is 0 Å². The molecule has 1 N–H and O–H groups in total. The van der Waals surface area contributed by atoms with Gasteiger partial charge in [-0.1, -0.05) is 0 Å². The maximum absolute atomic E-state index is 5.69. The third-order valence-corrected chi connectivity index (χ3v) is 7.01. The number of nitrogens with zero attached hydrogens (tertiary/aromatic N) is 4. The molecule has 4 fully saturated rings. The van der Waals surface area contributed by atoms with E-state index in [9.17, 15) is 0 Å². The molecule has 4 aliphatic heterocycles. The molecule has 0 aromatic heterocycles. The van der Waals surface area contributed by atoms with Crippen LogP contribution in [0.3, 0.4) is 0 Å². The smallest absolute Gasteiger partial charge is 0.193 e. The Bertz CT molecular complexity index is 503. The van der Waals surface area contributed by atoms with Crippen molar-refractivity contribution in [3.63, 3.8) is 0 Å². The monoisotopic (exact) mass is 507 g/mol. The first-order valence-electron chi connectivity index (χ1n) is 10.9. The van der Waals surface area contributed by atoms with Crippen molar-refractivity contribution in [3.8, 4) is 0 Å². The van der Waals surface area contributed by atoms with Crippen molar-refractivity contribution >= 4 is 29.9 Å². The molecule has 0 saturated carbocycles. The second-order valence-corrected chi connectivity index (χ2v) is 8.47. The Morgan fingerprint density at radius 2 is 1.68 bits per heavy atom. The van der Waals surface area contributed by atoms with Crippen LogP contribution >= 0.6 is 24.0 Å². The van der Waals surface area contributed by atoms with Gasteiger partial charge in [0.25, 0.3) is 0 Å². The summed E-state index contributed by atoms with van der Waals surface area (Å²) in [7, 11) is 1.93. The van der Waals surface area contributed by atoms with Gasteiger partial charge < -0.3 is 19.7 Å². The van der Waals surface area contributed by atoms with E-state index in [2.05, 4.69) is 25.0 Å². The average molecular weight is 507 g/mol. The molecule has 0 bridgehead atoms. The van der Waals surface area contributed by atoms with Crippen LogP contribution in [0.1, 0.15) is 32.1 Å². The Hall–Kier alpha value is -0.160. The van der Waals surface area contributed by atoms with Crippen molar-refractivity contribution in [1.29, 1.82) is 0 Å². The predicted octanol–water partition coefficient (Wildman–Crippen LogP) is 1.23. The molecule has 1 unspecified atom stereocenters. The highest BCUT2D eigenvalue weighted by molar-refractivity contribution is 14.0. The second kappa shape index (κ2) is 10.7. The van der Waals surface area contributed by atoms with Crippen molar-refractivity contribution < 1.29 is 9.47 Å². The van der Waals surface area contributed by atoms with Crippen LogP contribution in [0.5, 0.6) is 0 Å². The van der Waals surface area contributed by atoms with Gasteiger partial charge in [0.1, 0.15) is 0 Å². The number of morpholine rings is 1. The van der Waals surface area contributed by atoms with Crippen LogP contribution in [0.2, 0.25) is 0 Å². The van der Waals surface area contributed by atoms with E-state index in [-0.39, 0.29) is 29.5 Å². The topological polar surface area (TPSA) is 52.6 Å². The lowest BCUT2D eigenvalue weighted by atomic mass is 9.88. The van der Waals surface area contributed by atoms with Crippen molar-refractivity contribution in [2.75, 3.05) is 79.3 Å². The lowest BCUT2D eigenvalue weighted by molar-refractivity contribution is -0.0166. The third kappa shape index (κ3) is 5.11. The van der Waals surface area contributed by atoms with E-state index in [1.54, 1.807) is 0 Å². The Morgan fingerprint density at radius 3 is 2.36 bits per heavy atom. The average Bonchev–Trinajstić information content (AvgIpc) is 3.43. The van der Waals surface area contributed by atoms with Gasteiger partial charge in [0.15, 0.2) is 5.96 Å². The van der Waals surface area contributed by atoms with E-state index < -0.39 is 0 Å². The maximum atomic E-state index is 5.69. The number of aliphatic imine (C=N–C) groups is 1. The van der Waals surface area contributed by atoms with Gasteiger partial charge in [-0.2, -0.15) is 0 Å². The molecule has 0 amide bonds. The zero-order valence-electron chi connectivity index (χ0n) is 17.4. The zero-order valence-corrected chi connectivity index (χ0v) is 19.7. The summed E-state index contributed by atoms with van der Waals surface area (Å²) in [5.41, 5.74) is 0.244. The molecule has 1 atom stereocenters. The van der Waals surface area contributed by atoms with Crippen molar-refractivity contribution in [2.24, 2.45) is 4.99 Å². The molecule has 4 heterocycles. The molecular weight excluding hydrogens is 469 g/mol. The van der Waals surface area contributed by atoms with Gasteiger partial charge in [-0.25, -0.2) is 0 Å². The molecule has 0 aromatic rings. The normalized spacial score (nSPS) is 29.7. The summed E-state index contributed by atoms with van der Waals surface area (Å²) >= 11 is 0. The highest BCUT2D eigenvalue weighted by Crippen LogP contribution is 2.31. The Balaban J connectivity index is 0.00000225. The second-order valence-electron chi connectivity index (χ2n) is 8.47. The molecule has 0 aromatic carbocycles. The molecule has 7 nitrogen and oxygen atoms in total. The van der Waals surface area contributed by atoms with Crippen LogP contribution in [0, 0.1) is 0 Å². The van der Waals surface area contributed by atoms with Crippen molar-refractivity contribution in [3.05, 3.63) is 0 Å². The standard InChI is InChI=1S/C20H37N5O2.HI/c1-21-19(24-9-4-18(16-24)23-10-14-27-15-11-23)22-17-20(5-12-26-13-6-20)25-7-2-3-8-25;/h18H,2-17H2,1H3,(H,21,22);1H.